The number of rotatable bonds is 4. The van der Waals surface area contributed by atoms with E-state index in [2.05, 4.69) is 15.6 Å². The molecule has 2 N–H and O–H groups in total. The van der Waals surface area contributed by atoms with E-state index in [0.29, 0.717) is 35.1 Å². The van der Waals surface area contributed by atoms with E-state index in [4.69, 9.17) is 11.6 Å². The van der Waals surface area contributed by atoms with E-state index >= 15 is 0 Å². The minimum Gasteiger partial charge on any atom is -0.345 e. The molecule has 0 bridgehead atoms. The van der Waals surface area contributed by atoms with Gasteiger partial charge in [0.1, 0.15) is 11.9 Å². The maximum atomic E-state index is 12.7. The smallest absolute Gasteiger partial charge is 0.323 e. The summed E-state index contributed by atoms with van der Waals surface area (Å²) in [6, 6.07) is 8.92. The van der Waals surface area contributed by atoms with Crippen molar-refractivity contribution in [3.05, 3.63) is 53.2 Å². The molecule has 8 nitrogen and oxygen atoms in total. The van der Waals surface area contributed by atoms with Crippen molar-refractivity contribution in [1.29, 1.82) is 0 Å². The van der Waals surface area contributed by atoms with E-state index in [9.17, 15) is 14.4 Å². The van der Waals surface area contributed by atoms with Crippen LogP contribution in [0.1, 0.15) is 23.2 Å². The summed E-state index contributed by atoms with van der Waals surface area (Å²) >= 11 is 5.80. The standard InChI is InChI=1S/C20H22ClN5O3/c1-25(2)19(28)13-5-8-15(9-6-13)23-18(27)16-4-3-11-26(16)20(29)24-17-10-7-14(21)12-22-17/h5-10,12,16H,3-4,11H2,1-2H3,(H,23,27)(H,22,24,29)/t16-/m1/s1. The average Bonchev–Trinajstić information content (AvgIpc) is 3.20. The fraction of sp³-hybridized carbons (Fsp3) is 0.300. The van der Waals surface area contributed by atoms with E-state index in [1.807, 2.05) is 0 Å². The molecule has 1 atom stereocenters. The molecule has 1 aromatic heterocycles. The van der Waals surface area contributed by atoms with Gasteiger partial charge in [0, 0.05) is 38.1 Å². The van der Waals surface area contributed by atoms with Gasteiger partial charge < -0.3 is 15.1 Å². The lowest BCUT2D eigenvalue weighted by molar-refractivity contribution is -0.119. The summed E-state index contributed by atoms with van der Waals surface area (Å²) in [5, 5.41) is 5.97. The number of benzene rings is 1. The van der Waals surface area contributed by atoms with Gasteiger partial charge in [0.25, 0.3) is 5.91 Å². The van der Waals surface area contributed by atoms with Gasteiger partial charge in [-0.1, -0.05) is 11.6 Å². The normalized spacial score (nSPS) is 15.7. The van der Waals surface area contributed by atoms with Gasteiger partial charge in [0.15, 0.2) is 0 Å². The zero-order valence-corrected chi connectivity index (χ0v) is 16.9. The summed E-state index contributed by atoms with van der Waals surface area (Å²) in [6.45, 7) is 0.480. The summed E-state index contributed by atoms with van der Waals surface area (Å²) in [5.74, 6) is -0.0164. The number of nitrogens with zero attached hydrogens (tertiary/aromatic N) is 3. The summed E-state index contributed by atoms with van der Waals surface area (Å²) in [7, 11) is 3.36. The quantitative estimate of drug-likeness (QED) is 0.802. The number of urea groups is 1. The van der Waals surface area contributed by atoms with Crippen LogP contribution >= 0.6 is 11.6 Å². The highest BCUT2D eigenvalue weighted by atomic mass is 35.5. The van der Waals surface area contributed by atoms with Crippen LogP contribution in [-0.2, 0) is 4.79 Å². The number of anilines is 2. The van der Waals surface area contributed by atoms with Crippen molar-refractivity contribution in [2.24, 2.45) is 0 Å². The Morgan fingerprint density at radius 1 is 1.10 bits per heavy atom. The van der Waals surface area contributed by atoms with Crippen LogP contribution in [0.4, 0.5) is 16.3 Å². The second-order valence-electron chi connectivity index (χ2n) is 6.91. The van der Waals surface area contributed by atoms with Gasteiger partial charge in [0.2, 0.25) is 5.91 Å². The molecular formula is C20H22ClN5O3. The third-order valence-electron chi connectivity index (χ3n) is 4.58. The number of nitrogens with one attached hydrogen (secondary N) is 2. The highest BCUT2D eigenvalue weighted by Gasteiger charge is 2.34. The molecule has 1 fully saturated rings. The maximum absolute atomic E-state index is 12.7. The van der Waals surface area contributed by atoms with Gasteiger partial charge in [-0.05, 0) is 49.2 Å². The SMILES string of the molecule is CN(C)C(=O)c1ccc(NC(=O)[C@H]2CCCN2C(=O)Nc2ccc(Cl)cn2)cc1. The van der Waals surface area contributed by atoms with Crippen molar-refractivity contribution >= 4 is 41.0 Å². The fourth-order valence-corrected chi connectivity index (χ4v) is 3.21. The lowest BCUT2D eigenvalue weighted by Crippen LogP contribution is -2.45. The topological polar surface area (TPSA) is 94.6 Å². The third-order valence-corrected chi connectivity index (χ3v) is 4.81. The van der Waals surface area contributed by atoms with Crippen molar-refractivity contribution in [1.82, 2.24) is 14.8 Å². The molecule has 4 amide bonds. The molecule has 3 rings (SSSR count). The first-order valence-corrected chi connectivity index (χ1v) is 9.54. The predicted octanol–water partition coefficient (Wildman–Crippen LogP) is 3.07. The van der Waals surface area contributed by atoms with Gasteiger partial charge in [-0.25, -0.2) is 9.78 Å². The van der Waals surface area contributed by atoms with Crippen LogP contribution in [0.3, 0.4) is 0 Å². The summed E-state index contributed by atoms with van der Waals surface area (Å²) in [5.41, 5.74) is 1.10. The first-order valence-electron chi connectivity index (χ1n) is 9.17. The third kappa shape index (κ3) is 5.03. The summed E-state index contributed by atoms with van der Waals surface area (Å²) in [6.07, 6.45) is 2.75. The number of aromatic nitrogens is 1. The first-order chi connectivity index (χ1) is 13.8. The highest BCUT2D eigenvalue weighted by Crippen LogP contribution is 2.21. The van der Waals surface area contributed by atoms with Crippen LogP contribution in [0, 0.1) is 0 Å². The molecule has 0 spiro atoms. The van der Waals surface area contributed by atoms with Gasteiger partial charge in [0.05, 0.1) is 5.02 Å². The Labute approximate surface area is 173 Å². The molecule has 0 radical (unpaired) electrons. The number of hydrogen-bond acceptors (Lipinski definition) is 4. The monoisotopic (exact) mass is 415 g/mol. The largest absolute Gasteiger partial charge is 0.345 e. The number of amides is 4. The number of hydrogen-bond donors (Lipinski definition) is 2. The van der Waals surface area contributed by atoms with Crippen LogP contribution in [0.25, 0.3) is 0 Å². The number of pyridine rings is 1. The molecule has 152 valence electrons. The Kier molecular flexibility index (Phi) is 6.33. The van der Waals surface area contributed by atoms with Crippen molar-refractivity contribution < 1.29 is 14.4 Å². The van der Waals surface area contributed by atoms with Crippen molar-refractivity contribution in [2.45, 2.75) is 18.9 Å². The minimum atomic E-state index is -0.578. The molecule has 29 heavy (non-hydrogen) atoms. The van der Waals surface area contributed by atoms with Crippen LogP contribution in [0.2, 0.25) is 5.02 Å². The molecule has 2 heterocycles. The van der Waals surface area contributed by atoms with Crippen molar-refractivity contribution in [3.8, 4) is 0 Å². The average molecular weight is 416 g/mol. The first kappa shape index (κ1) is 20.6. The van der Waals surface area contributed by atoms with Gasteiger partial charge >= 0.3 is 6.03 Å². The van der Waals surface area contributed by atoms with E-state index in [0.717, 1.165) is 6.42 Å². The van der Waals surface area contributed by atoms with E-state index in [1.54, 1.807) is 50.5 Å². The molecule has 0 aliphatic carbocycles. The maximum Gasteiger partial charge on any atom is 0.323 e. The van der Waals surface area contributed by atoms with Gasteiger partial charge in [-0.15, -0.1) is 0 Å². The van der Waals surface area contributed by atoms with Gasteiger partial charge in [-0.2, -0.15) is 0 Å². The van der Waals surface area contributed by atoms with Crippen LogP contribution in [0.5, 0.6) is 0 Å². The second-order valence-corrected chi connectivity index (χ2v) is 7.35. The second kappa shape index (κ2) is 8.91. The van der Waals surface area contributed by atoms with Crippen molar-refractivity contribution in [3.63, 3.8) is 0 Å². The Morgan fingerprint density at radius 2 is 1.83 bits per heavy atom. The molecular weight excluding hydrogens is 394 g/mol. The fourth-order valence-electron chi connectivity index (χ4n) is 3.09. The minimum absolute atomic E-state index is 0.114. The Hall–Kier alpha value is -3.13. The van der Waals surface area contributed by atoms with Crippen molar-refractivity contribution in [2.75, 3.05) is 31.3 Å². The molecule has 0 unspecified atom stereocenters. The number of carbonyl (C=O) groups excluding carboxylic acids is 3. The molecule has 1 aliphatic rings. The molecule has 0 saturated carbocycles. The molecule has 1 aliphatic heterocycles. The Balaban J connectivity index is 1.62. The number of carbonyl (C=O) groups is 3. The van der Waals surface area contributed by atoms with Crippen LogP contribution < -0.4 is 10.6 Å². The Bertz CT molecular complexity index is 899. The predicted molar refractivity (Wildman–Crippen MR) is 111 cm³/mol. The zero-order chi connectivity index (χ0) is 21.0. The molecule has 1 saturated heterocycles. The number of halogens is 1. The van der Waals surface area contributed by atoms with E-state index in [-0.39, 0.29) is 17.8 Å². The zero-order valence-electron chi connectivity index (χ0n) is 16.2. The Morgan fingerprint density at radius 3 is 2.45 bits per heavy atom. The lowest BCUT2D eigenvalue weighted by Gasteiger charge is -2.24. The number of likely N-dealkylation sites (tertiary alicyclic amines) is 1. The summed E-state index contributed by atoms with van der Waals surface area (Å²) in [4.78, 5) is 44.3. The highest BCUT2D eigenvalue weighted by molar-refractivity contribution is 6.30. The molecule has 1 aromatic carbocycles. The van der Waals surface area contributed by atoms with E-state index < -0.39 is 6.04 Å². The van der Waals surface area contributed by atoms with Crippen LogP contribution in [0.15, 0.2) is 42.6 Å². The van der Waals surface area contributed by atoms with E-state index in [1.165, 1.54) is 16.0 Å². The lowest BCUT2D eigenvalue weighted by atomic mass is 10.1. The van der Waals surface area contributed by atoms with Crippen LogP contribution in [-0.4, -0.2) is 59.3 Å². The molecule has 2 aromatic rings. The molecule has 9 heteroatoms. The summed E-state index contributed by atoms with van der Waals surface area (Å²) < 4.78 is 0. The van der Waals surface area contributed by atoms with Gasteiger partial charge in [-0.3, -0.25) is 14.9 Å².